The Kier molecular flexibility index (Phi) is 10.6. The van der Waals surface area contributed by atoms with Gasteiger partial charge in [-0.05, 0) is 71.3 Å². The van der Waals surface area contributed by atoms with E-state index in [0.717, 1.165) is 21.6 Å². The number of anilines is 2. The highest BCUT2D eigenvalue weighted by Gasteiger charge is 2.16. The third-order valence-electron chi connectivity index (χ3n) is 6.52. The van der Waals surface area contributed by atoms with Crippen LogP contribution < -0.4 is 16.0 Å². The van der Waals surface area contributed by atoms with E-state index in [9.17, 15) is 18.8 Å². The maximum absolute atomic E-state index is 14.1. The van der Waals surface area contributed by atoms with Crippen LogP contribution in [-0.4, -0.2) is 23.5 Å². The zero-order chi connectivity index (χ0) is 31.6. The van der Waals surface area contributed by atoms with Gasteiger partial charge in [0.2, 0.25) is 5.91 Å². The summed E-state index contributed by atoms with van der Waals surface area (Å²) in [6.07, 6.45) is 1.62. The molecule has 5 rings (SSSR count). The quantitative estimate of drug-likeness (QED) is 0.102. The molecule has 224 valence electrons. The number of nitrogens with one attached hydrogen (secondary N) is 3. The van der Waals surface area contributed by atoms with Crippen molar-refractivity contribution < 1.29 is 18.8 Å². The number of thioether (sulfide) groups is 1. The van der Waals surface area contributed by atoms with E-state index < -0.39 is 17.6 Å². The molecule has 0 bridgehead atoms. The maximum Gasteiger partial charge on any atom is 0.272 e. The van der Waals surface area contributed by atoms with Crippen molar-refractivity contribution in [1.82, 2.24) is 5.32 Å². The fourth-order valence-corrected chi connectivity index (χ4v) is 5.39. The monoisotopic (exact) mass is 679 g/mol. The number of carbonyl (C=O) groups is 3. The number of benzene rings is 5. The predicted molar refractivity (Wildman–Crippen MR) is 182 cm³/mol. The molecule has 0 fully saturated rings. The number of hydrogen-bond donors (Lipinski definition) is 3. The molecule has 0 saturated carbocycles. The minimum Gasteiger partial charge on any atom is -0.323 e. The Balaban J connectivity index is 1.29. The van der Waals surface area contributed by atoms with Gasteiger partial charge in [0.05, 0.1) is 11.4 Å². The molecule has 0 aliphatic carbocycles. The van der Waals surface area contributed by atoms with Gasteiger partial charge in [-0.2, -0.15) is 0 Å². The average Bonchev–Trinajstić information content (AvgIpc) is 3.06. The largest absolute Gasteiger partial charge is 0.323 e. The van der Waals surface area contributed by atoms with Gasteiger partial charge in [0.15, 0.2) is 0 Å². The molecular formula is C36H27BrFN3O3S. The normalized spacial score (nSPS) is 11.0. The lowest BCUT2D eigenvalue weighted by molar-refractivity contribution is -0.114. The topological polar surface area (TPSA) is 87.3 Å². The molecule has 0 aliphatic rings. The molecule has 9 heteroatoms. The molecule has 3 N–H and O–H groups in total. The standard InChI is InChI=1S/C36H27BrFN3O3S/c37-28-18-19-32(31(38)21-28)40-34(42)23-45-30-13-7-12-29(22-30)39-36(44)33(41-35(43)27-10-5-2-6-11-27)20-24-14-16-26(17-15-24)25-8-3-1-4-9-25/h1-22H,23H2,(H,39,44)(H,40,42)(H,41,43)/b33-20+. The molecule has 0 atom stereocenters. The predicted octanol–water partition coefficient (Wildman–Crippen LogP) is 8.40. The smallest absolute Gasteiger partial charge is 0.272 e. The minimum absolute atomic E-state index is 0.0319. The summed E-state index contributed by atoms with van der Waals surface area (Å²) in [7, 11) is 0. The first-order valence-corrected chi connectivity index (χ1v) is 15.6. The number of rotatable bonds is 10. The van der Waals surface area contributed by atoms with Crippen LogP contribution in [0.5, 0.6) is 0 Å². The lowest BCUT2D eigenvalue weighted by Gasteiger charge is -2.12. The highest BCUT2D eigenvalue weighted by atomic mass is 79.9. The van der Waals surface area contributed by atoms with Gasteiger partial charge >= 0.3 is 0 Å². The molecule has 0 unspecified atom stereocenters. The average molecular weight is 681 g/mol. The van der Waals surface area contributed by atoms with Gasteiger partial charge in [0.25, 0.3) is 11.8 Å². The third-order valence-corrected chi connectivity index (χ3v) is 8.01. The van der Waals surface area contributed by atoms with Crippen LogP contribution in [0.2, 0.25) is 0 Å². The Hall–Kier alpha value is -4.99. The molecule has 5 aromatic rings. The van der Waals surface area contributed by atoms with Crippen molar-refractivity contribution in [3.63, 3.8) is 0 Å². The first-order chi connectivity index (χ1) is 21.8. The van der Waals surface area contributed by atoms with E-state index >= 15 is 0 Å². The van der Waals surface area contributed by atoms with Crippen molar-refractivity contribution in [2.45, 2.75) is 4.90 Å². The van der Waals surface area contributed by atoms with E-state index in [4.69, 9.17) is 0 Å². The summed E-state index contributed by atoms with van der Waals surface area (Å²) in [5, 5.41) is 8.16. The summed E-state index contributed by atoms with van der Waals surface area (Å²) >= 11 is 4.43. The first-order valence-electron chi connectivity index (χ1n) is 13.9. The molecule has 0 saturated heterocycles. The Morgan fingerprint density at radius 3 is 2.13 bits per heavy atom. The molecular weight excluding hydrogens is 653 g/mol. The summed E-state index contributed by atoms with van der Waals surface area (Å²) < 4.78 is 14.7. The molecule has 6 nitrogen and oxygen atoms in total. The molecule has 0 spiro atoms. The van der Waals surface area contributed by atoms with Crippen molar-refractivity contribution in [2.24, 2.45) is 0 Å². The van der Waals surface area contributed by atoms with E-state index in [2.05, 4.69) is 31.9 Å². The number of halogens is 2. The van der Waals surface area contributed by atoms with E-state index in [0.29, 0.717) is 15.7 Å². The Morgan fingerprint density at radius 2 is 1.42 bits per heavy atom. The van der Waals surface area contributed by atoms with Gasteiger partial charge in [0, 0.05) is 20.6 Å². The highest BCUT2D eigenvalue weighted by Crippen LogP contribution is 2.24. The van der Waals surface area contributed by atoms with Crippen LogP contribution in [0.25, 0.3) is 17.2 Å². The Labute approximate surface area is 272 Å². The van der Waals surface area contributed by atoms with E-state index in [1.165, 1.54) is 23.9 Å². The fourth-order valence-electron chi connectivity index (χ4n) is 4.30. The highest BCUT2D eigenvalue weighted by molar-refractivity contribution is 9.10. The SMILES string of the molecule is O=C(CSc1cccc(NC(=O)/C(=C\c2ccc(-c3ccccc3)cc2)NC(=O)c2ccccc2)c1)Nc1ccc(Br)cc1F. The van der Waals surface area contributed by atoms with Gasteiger partial charge in [-0.25, -0.2) is 4.39 Å². The summed E-state index contributed by atoms with van der Waals surface area (Å²) in [6.45, 7) is 0. The second kappa shape index (κ2) is 15.1. The lowest BCUT2D eigenvalue weighted by Crippen LogP contribution is -2.30. The zero-order valence-electron chi connectivity index (χ0n) is 23.8. The van der Waals surface area contributed by atoms with Crippen LogP contribution in [-0.2, 0) is 9.59 Å². The van der Waals surface area contributed by atoms with Crippen LogP contribution in [0, 0.1) is 5.82 Å². The van der Waals surface area contributed by atoms with Crippen LogP contribution in [0.15, 0.2) is 142 Å². The number of hydrogen-bond acceptors (Lipinski definition) is 4. The molecule has 5 aromatic carbocycles. The third kappa shape index (κ3) is 9.01. The van der Waals surface area contributed by atoms with Crippen molar-refractivity contribution in [2.75, 3.05) is 16.4 Å². The Bertz CT molecular complexity index is 1850. The van der Waals surface area contributed by atoms with Crippen LogP contribution in [0.3, 0.4) is 0 Å². The summed E-state index contributed by atoms with van der Waals surface area (Å²) in [4.78, 5) is 39.7. The van der Waals surface area contributed by atoms with Crippen molar-refractivity contribution in [1.29, 1.82) is 0 Å². The second-order valence-corrected chi connectivity index (χ2v) is 11.8. The summed E-state index contributed by atoms with van der Waals surface area (Å²) in [5.41, 5.74) is 3.86. The molecule has 0 radical (unpaired) electrons. The van der Waals surface area contributed by atoms with Gasteiger partial charge in [-0.15, -0.1) is 11.8 Å². The number of carbonyl (C=O) groups excluding carboxylic acids is 3. The van der Waals surface area contributed by atoms with Crippen molar-refractivity contribution >= 4 is 62.9 Å². The first kappa shape index (κ1) is 31.4. The summed E-state index contributed by atoms with van der Waals surface area (Å²) in [5.74, 6) is -1.82. The molecule has 0 heterocycles. The van der Waals surface area contributed by atoms with Crippen LogP contribution >= 0.6 is 27.7 Å². The Morgan fingerprint density at radius 1 is 0.733 bits per heavy atom. The summed E-state index contributed by atoms with van der Waals surface area (Å²) in [6, 6.07) is 37.6. The fraction of sp³-hybridized carbons (Fsp3) is 0.0278. The van der Waals surface area contributed by atoms with E-state index in [1.807, 2.05) is 60.7 Å². The van der Waals surface area contributed by atoms with Crippen molar-refractivity contribution in [3.05, 3.63) is 155 Å². The molecule has 0 aliphatic heterocycles. The molecule has 3 amide bonds. The lowest BCUT2D eigenvalue weighted by atomic mass is 10.0. The molecule has 0 aromatic heterocycles. The van der Waals surface area contributed by atoms with Gasteiger partial charge in [0.1, 0.15) is 11.5 Å². The van der Waals surface area contributed by atoms with E-state index in [1.54, 1.807) is 60.7 Å². The van der Waals surface area contributed by atoms with Crippen molar-refractivity contribution in [3.8, 4) is 11.1 Å². The van der Waals surface area contributed by atoms with E-state index in [-0.39, 0.29) is 23.0 Å². The van der Waals surface area contributed by atoms with Gasteiger partial charge < -0.3 is 16.0 Å². The van der Waals surface area contributed by atoms with Crippen LogP contribution in [0.4, 0.5) is 15.8 Å². The molecule has 45 heavy (non-hydrogen) atoms. The van der Waals surface area contributed by atoms with Gasteiger partial charge in [-0.1, -0.05) is 94.8 Å². The van der Waals surface area contributed by atoms with Gasteiger partial charge in [-0.3, -0.25) is 14.4 Å². The van der Waals surface area contributed by atoms with Crippen LogP contribution in [0.1, 0.15) is 15.9 Å². The maximum atomic E-state index is 14.1. The minimum atomic E-state index is -0.539. The second-order valence-electron chi connectivity index (χ2n) is 9.81. The zero-order valence-corrected chi connectivity index (χ0v) is 26.2. The number of amides is 3.